The zero-order valence-electron chi connectivity index (χ0n) is 17.5. The molecule has 2 aromatic rings. The summed E-state index contributed by atoms with van der Waals surface area (Å²) in [6, 6.07) is 13.6. The molecular formula is C22H28N2O7. The Labute approximate surface area is 181 Å². The molecule has 0 aliphatic rings. The highest BCUT2D eigenvalue weighted by Crippen LogP contribution is 2.15. The van der Waals surface area contributed by atoms with E-state index < -0.39 is 12.1 Å². The summed E-state index contributed by atoms with van der Waals surface area (Å²) in [6.45, 7) is 2.34. The molecule has 0 heterocycles. The third-order valence-corrected chi connectivity index (χ3v) is 3.94. The van der Waals surface area contributed by atoms with Crippen molar-refractivity contribution in [3.63, 3.8) is 0 Å². The summed E-state index contributed by atoms with van der Waals surface area (Å²) in [5.74, 6) is 0.260. The van der Waals surface area contributed by atoms with Gasteiger partial charge in [0.15, 0.2) is 6.10 Å². The minimum atomic E-state index is -0.764. The monoisotopic (exact) mass is 432 g/mol. The van der Waals surface area contributed by atoms with Gasteiger partial charge in [-0.15, -0.1) is 0 Å². The molecule has 9 nitrogen and oxygen atoms in total. The van der Waals surface area contributed by atoms with E-state index in [0.29, 0.717) is 22.9 Å². The molecule has 0 amide bonds. The molecule has 2 aromatic carbocycles. The van der Waals surface area contributed by atoms with Crippen LogP contribution in [0, 0.1) is 0 Å². The number of benzene rings is 2. The van der Waals surface area contributed by atoms with Crippen LogP contribution in [0.1, 0.15) is 13.3 Å². The molecule has 0 spiro atoms. The van der Waals surface area contributed by atoms with E-state index in [1.165, 1.54) is 0 Å². The average molecular weight is 432 g/mol. The lowest BCUT2D eigenvalue weighted by molar-refractivity contribution is -0.153. The van der Waals surface area contributed by atoms with Gasteiger partial charge in [-0.25, -0.2) is 4.79 Å². The average Bonchev–Trinajstić information content (AvgIpc) is 2.76. The van der Waals surface area contributed by atoms with E-state index in [1.54, 1.807) is 55.5 Å². The van der Waals surface area contributed by atoms with E-state index in [2.05, 4.69) is 0 Å². The van der Waals surface area contributed by atoms with Crippen LogP contribution in [0.4, 0.5) is 11.4 Å². The van der Waals surface area contributed by atoms with Gasteiger partial charge in [0.05, 0.1) is 26.2 Å². The van der Waals surface area contributed by atoms with Crippen LogP contribution in [-0.4, -0.2) is 51.1 Å². The number of ether oxygens (including phenoxy) is 5. The number of anilines is 2. The van der Waals surface area contributed by atoms with Crippen molar-refractivity contribution < 1.29 is 33.3 Å². The quantitative estimate of drug-likeness (QED) is 0.278. The molecule has 31 heavy (non-hydrogen) atoms. The molecular weight excluding hydrogens is 404 g/mol. The minimum absolute atomic E-state index is 0.0671. The van der Waals surface area contributed by atoms with Crippen LogP contribution in [0.3, 0.4) is 0 Å². The Hall–Kier alpha value is -3.46. The lowest BCUT2D eigenvalue weighted by Gasteiger charge is -2.14. The van der Waals surface area contributed by atoms with Crippen LogP contribution in [-0.2, 0) is 23.8 Å². The van der Waals surface area contributed by atoms with Crippen molar-refractivity contribution in [2.24, 2.45) is 0 Å². The topological polar surface area (TPSA) is 132 Å². The van der Waals surface area contributed by atoms with Crippen molar-refractivity contribution in [1.82, 2.24) is 0 Å². The summed E-state index contributed by atoms with van der Waals surface area (Å²) < 4.78 is 26.3. The van der Waals surface area contributed by atoms with Gasteiger partial charge >= 0.3 is 11.9 Å². The lowest BCUT2D eigenvalue weighted by atomic mass is 10.3. The van der Waals surface area contributed by atoms with Crippen molar-refractivity contribution in [2.75, 3.05) is 44.5 Å². The van der Waals surface area contributed by atoms with Crippen molar-refractivity contribution in [3.8, 4) is 11.5 Å². The molecule has 1 atom stereocenters. The zero-order chi connectivity index (χ0) is 22.5. The van der Waals surface area contributed by atoms with E-state index >= 15 is 0 Å². The number of hydrogen-bond donors (Lipinski definition) is 2. The van der Waals surface area contributed by atoms with Crippen molar-refractivity contribution >= 4 is 23.3 Å². The molecule has 0 radical (unpaired) electrons. The lowest BCUT2D eigenvalue weighted by Crippen LogP contribution is -2.27. The van der Waals surface area contributed by atoms with E-state index in [-0.39, 0.29) is 45.4 Å². The van der Waals surface area contributed by atoms with Crippen LogP contribution < -0.4 is 20.9 Å². The molecule has 0 saturated carbocycles. The largest absolute Gasteiger partial charge is 0.493 e. The molecule has 0 aliphatic heterocycles. The second-order valence-electron chi connectivity index (χ2n) is 6.50. The van der Waals surface area contributed by atoms with Crippen molar-refractivity contribution in [3.05, 3.63) is 48.5 Å². The number of carbonyl (C=O) groups is 2. The first-order chi connectivity index (χ1) is 14.9. The predicted molar refractivity (Wildman–Crippen MR) is 115 cm³/mol. The summed E-state index contributed by atoms with van der Waals surface area (Å²) in [5, 5.41) is 0. The Morgan fingerprint density at radius 3 is 1.94 bits per heavy atom. The molecule has 1 unspecified atom stereocenters. The van der Waals surface area contributed by atoms with E-state index in [0.717, 1.165) is 0 Å². The first kappa shape index (κ1) is 23.8. The van der Waals surface area contributed by atoms with Crippen LogP contribution in [0.15, 0.2) is 48.5 Å². The highest BCUT2D eigenvalue weighted by Gasteiger charge is 2.16. The number of rotatable bonds is 13. The highest BCUT2D eigenvalue weighted by molar-refractivity contribution is 5.74. The third kappa shape index (κ3) is 9.72. The van der Waals surface area contributed by atoms with Gasteiger partial charge in [-0.2, -0.15) is 0 Å². The maximum Gasteiger partial charge on any atom is 0.347 e. The van der Waals surface area contributed by atoms with Gasteiger partial charge in [0.1, 0.15) is 24.7 Å². The Bertz CT molecular complexity index is 810. The summed E-state index contributed by atoms with van der Waals surface area (Å²) in [6.07, 6.45) is -0.645. The summed E-state index contributed by atoms with van der Waals surface area (Å²) in [4.78, 5) is 23.5. The van der Waals surface area contributed by atoms with E-state index in [9.17, 15) is 9.59 Å². The van der Waals surface area contributed by atoms with Gasteiger partial charge < -0.3 is 35.2 Å². The number of nitrogens with two attached hydrogens (primary N) is 2. The molecule has 168 valence electrons. The summed E-state index contributed by atoms with van der Waals surface area (Å²) >= 11 is 0. The van der Waals surface area contributed by atoms with Crippen molar-refractivity contribution in [2.45, 2.75) is 19.4 Å². The fraction of sp³-hybridized carbons (Fsp3) is 0.364. The summed E-state index contributed by atoms with van der Waals surface area (Å²) in [7, 11) is 0. The third-order valence-electron chi connectivity index (χ3n) is 3.94. The fourth-order valence-corrected chi connectivity index (χ4v) is 2.32. The zero-order valence-corrected chi connectivity index (χ0v) is 17.5. The van der Waals surface area contributed by atoms with Crippen LogP contribution >= 0.6 is 0 Å². The molecule has 2 rings (SSSR count). The molecule has 0 bridgehead atoms. The van der Waals surface area contributed by atoms with Crippen LogP contribution in [0.25, 0.3) is 0 Å². The number of esters is 2. The first-order valence-corrected chi connectivity index (χ1v) is 9.84. The number of nitrogen functional groups attached to an aromatic ring is 2. The second-order valence-corrected chi connectivity index (χ2v) is 6.50. The van der Waals surface area contributed by atoms with Crippen LogP contribution in [0.5, 0.6) is 11.5 Å². The van der Waals surface area contributed by atoms with E-state index in [1.807, 2.05) is 0 Å². The van der Waals surface area contributed by atoms with Gasteiger partial charge in [0.25, 0.3) is 0 Å². The second kappa shape index (κ2) is 13.0. The Morgan fingerprint density at radius 1 is 0.774 bits per heavy atom. The molecule has 9 heteroatoms. The maximum atomic E-state index is 11.9. The molecule has 0 aromatic heterocycles. The number of hydrogen-bond acceptors (Lipinski definition) is 9. The summed E-state index contributed by atoms with van der Waals surface area (Å²) in [5.41, 5.74) is 12.4. The standard InChI is InChI=1S/C22H28N2O7/c1-16(31-20-8-4-18(24)5-9-20)22(26)30-15-13-27-12-14-29-21(25)10-11-28-19-6-2-17(23)3-7-19/h2-9,16H,10-15,23-24H2,1H3. The minimum Gasteiger partial charge on any atom is -0.493 e. The van der Waals surface area contributed by atoms with E-state index in [4.69, 9.17) is 35.2 Å². The number of carbonyl (C=O) groups excluding carboxylic acids is 2. The van der Waals surface area contributed by atoms with Gasteiger partial charge in [0.2, 0.25) is 0 Å². The Balaban J connectivity index is 1.46. The van der Waals surface area contributed by atoms with Gasteiger partial charge in [-0.05, 0) is 55.5 Å². The molecule has 0 aliphatic carbocycles. The molecule has 0 fully saturated rings. The predicted octanol–water partition coefficient (Wildman–Crippen LogP) is 2.19. The first-order valence-electron chi connectivity index (χ1n) is 9.84. The van der Waals surface area contributed by atoms with Crippen LogP contribution in [0.2, 0.25) is 0 Å². The normalized spacial score (nSPS) is 11.4. The molecule has 4 N–H and O–H groups in total. The van der Waals surface area contributed by atoms with Crippen molar-refractivity contribution in [1.29, 1.82) is 0 Å². The SMILES string of the molecule is CC(Oc1ccc(N)cc1)C(=O)OCCOCCOC(=O)CCOc1ccc(N)cc1. The Kier molecular flexibility index (Phi) is 9.96. The maximum absolute atomic E-state index is 11.9. The van der Waals surface area contributed by atoms with Gasteiger partial charge in [-0.1, -0.05) is 0 Å². The smallest absolute Gasteiger partial charge is 0.347 e. The Morgan fingerprint density at radius 2 is 1.32 bits per heavy atom. The van der Waals surface area contributed by atoms with Gasteiger partial charge in [-0.3, -0.25) is 4.79 Å². The molecule has 0 saturated heterocycles. The highest BCUT2D eigenvalue weighted by atomic mass is 16.6. The van der Waals surface area contributed by atoms with Gasteiger partial charge in [0, 0.05) is 11.4 Å². The fourth-order valence-electron chi connectivity index (χ4n) is 2.32.